The Kier molecular flexibility index (Phi) is 5.39. The Bertz CT molecular complexity index is 784. The summed E-state index contributed by atoms with van der Waals surface area (Å²) in [7, 11) is -3.67. The normalized spacial score (nSPS) is 11.0. The molecule has 0 aliphatic heterocycles. The highest BCUT2D eigenvalue weighted by Gasteiger charge is 2.15. The third-order valence-electron chi connectivity index (χ3n) is 3.23. The second-order valence-electron chi connectivity index (χ2n) is 5.26. The lowest BCUT2D eigenvalue weighted by molar-refractivity contribution is 0.0953. The van der Waals surface area contributed by atoms with E-state index in [1.54, 1.807) is 18.2 Å². The molecule has 5 nitrogen and oxygen atoms in total. The lowest BCUT2D eigenvalue weighted by atomic mass is 10.2. The molecule has 0 fully saturated rings. The summed E-state index contributed by atoms with van der Waals surface area (Å²) < 4.78 is 27.2. The van der Waals surface area contributed by atoms with Crippen molar-refractivity contribution in [1.29, 1.82) is 0 Å². The number of amides is 1. The predicted molar refractivity (Wildman–Crippen MR) is 91.1 cm³/mol. The zero-order valence-electron chi connectivity index (χ0n) is 13.2. The van der Waals surface area contributed by atoms with Crippen LogP contribution in [0.3, 0.4) is 0 Å². The van der Waals surface area contributed by atoms with Crippen molar-refractivity contribution in [2.45, 2.75) is 25.2 Å². The van der Waals surface area contributed by atoms with Crippen molar-refractivity contribution >= 4 is 21.6 Å². The first-order valence-corrected chi connectivity index (χ1v) is 8.88. The van der Waals surface area contributed by atoms with E-state index in [1.807, 2.05) is 19.9 Å². The van der Waals surface area contributed by atoms with E-state index in [9.17, 15) is 13.2 Å². The zero-order valence-corrected chi connectivity index (χ0v) is 14.0. The van der Waals surface area contributed by atoms with E-state index >= 15 is 0 Å². The molecule has 122 valence electrons. The molecule has 1 amide bonds. The van der Waals surface area contributed by atoms with Gasteiger partial charge in [-0.2, -0.15) is 0 Å². The summed E-state index contributed by atoms with van der Waals surface area (Å²) in [5.41, 5.74) is 1.91. The van der Waals surface area contributed by atoms with Gasteiger partial charge in [-0.25, -0.2) is 8.42 Å². The maximum absolute atomic E-state index is 12.4. The van der Waals surface area contributed by atoms with Crippen molar-refractivity contribution in [3.05, 3.63) is 59.7 Å². The monoisotopic (exact) mass is 332 g/mol. The van der Waals surface area contributed by atoms with E-state index in [0.29, 0.717) is 17.8 Å². The number of sulfonamides is 1. The van der Waals surface area contributed by atoms with Gasteiger partial charge in [0.25, 0.3) is 15.9 Å². The van der Waals surface area contributed by atoms with Crippen LogP contribution in [-0.4, -0.2) is 20.9 Å². The predicted octanol–water partition coefficient (Wildman–Crippen LogP) is 2.94. The molecule has 0 spiro atoms. The fourth-order valence-corrected chi connectivity index (χ4v) is 3.10. The van der Waals surface area contributed by atoms with Crippen molar-refractivity contribution in [2.24, 2.45) is 0 Å². The Morgan fingerprint density at radius 1 is 1.09 bits per heavy atom. The van der Waals surface area contributed by atoms with Crippen molar-refractivity contribution in [3.8, 4) is 0 Å². The highest BCUT2D eigenvalue weighted by atomic mass is 32.2. The third kappa shape index (κ3) is 4.56. The quantitative estimate of drug-likeness (QED) is 0.854. The van der Waals surface area contributed by atoms with Gasteiger partial charge >= 0.3 is 0 Å². The van der Waals surface area contributed by atoms with Crippen molar-refractivity contribution in [3.63, 3.8) is 0 Å². The minimum absolute atomic E-state index is 0.117. The van der Waals surface area contributed by atoms with Crippen LogP contribution in [0.15, 0.2) is 53.4 Å². The Hall–Kier alpha value is -2.34. The van der Waals surface area contributed by atoms with E-state index < -0.39 is 10.0 Å². The summed E-state index contributed by atoms with van der Waals surface area (Å²) >= 11 is 0. The van der Waals surface area contributed by atoms with Gasteiger partial charge in [-0.05, 0) is 55.3 Å². The maximum Gasteiger partial charge on any atom is 0.261 e. The van der Waals surface area contributed by atoms with Crippen LogP contribution in [0.1, 0.15) is 29.3 Å². The Morgan fingerprint density at radius 3 is 2.39 bits per heavy atom. The molecule has 0 aliphatic carbocycles. The third-order valence-corrected chi connectivity index (χ3v) is 4.63. The molecule has 0 heterocycles. The molecule has 0 unspecified atom stereocenters. The Morgan fingerprint density at radius 2 is 1.78 bits per heavy atom. The van der Waals surface area contributed by atoms with E-state index in [2.05, 4.69) is 10.0 Å². The molecule has 0 aliphatic rings. The van der Waals surface area contributed by atoms with Gasteiger partial charge in [0, 0.05) is 17.8 Å². The van der Waals surface area contributed by atoms with Crippen LogP contribution < -0.4 is 10.0 Å². The molecule has 0 aromatic heterocycles. The van der Waals surface area contributed by atoms with Crippen LogP contribution >= 0.6 is 0 Å². The standard InChI is InChI=1S/C17H20N2O3S/c1-3-11-18-17(20)14-7-9-16(10-8-14)23(21,22)19-15-6-4-5-13(2)12-15/h4-10,12,19H,3,11H2,1-2H3,(H,18,20). The number of hydrogen-bond acceptors (Lipinski definition) is 3. The van der Waals surface area contributed by atoms with E-state index in [1.165, 1.54) is 24.3 Å². The van der Waals surface area contributed by atoms with Gasteiger partial charge in [0.1, 0.15) is 0 Å². The summed E-state index contributed by atoms with van der Waals surface area (Å²) in [5, 5.41) is 2.75. The second-order valence-corrected chi connectivity index (χ2v) is 6.94. The molecule has 0 bridgehead atoms. The lowest BCUT2D eigenvalue weighted by Crippen LogP contribution is -2.24. The number of nitrogens with one attached hydrogen (secondary N) is 2. The average molecular weight is 332 g/mol. The number of hydrogen-bond donors (Lipinski definition) is 2. The van der Waals surface area contributed by atoms with Gasteiger partial charge < -0.3 is 5.32 Å². The lowest BCUT2D eigenvalue weighted by Gasteiger charge is -2.09. The first-order valence-electron chi connectivity index (χ1n) is 7.40. The van der Waals surface area contributed by atoms with Crippen LogP contribution in [0.4, 0.5) is 5.69 Å². The number of carbonyl (C=O) groups excluding carboxylic acids is 1. The first-order chi connectivity index (χ1) is 10.9. The van der Waals surface area contributed by atoms with Gasteiger partial charge in [-0.1, -0.05) is 19.1 Å². The Labute approximate surface area is 136 Å². The minimum Gasteiger partial charge on any atom is -0.352 e. The summed E-state index contributed by atoms with van der Waals surface area (Å²) in [5.74, 6) is -0.206. The van der Waals surface area contributed by atoms with Gasteiger partial charge in [0.2, 0.25) is 0 Å². The first kappa shape index (κ1) is 17.0. The average Bonchev–Trinajstić information content (AvgIpc) is 2.52. The number of carbonyl (C=O) groups is 1. The topological polar surface area (TPSA) is 75.3 Å². The van der Waals surface area contributed by atoms with Crippen LogP contribution in [0.25, 0.3) is 0 Å². The number of benzene rings is 2. The molecule has 2 N–H and O–H groups in total. The molecule has 0 radical (unpaired) electrons. The van der Waals surface area contributed by atoms with Crippen molar-refractivity contribution in [2.75, 3.05) is 11.3 Å². The number of anilines is 1. The highest BCUT2D eigenvalue weighted by molar-refractivity contribution is 7.92. The number of rotatable bonds is 6. The van der Waals surface area contributed by atoms with Gasteiger partial charge in [0.15, 0.2) is 0 Å². The van der Waals surface area contributed by atoms with Gasteiger partial charge in [-0.3, -0.25) is 9.52 Å². The van der Waals surface area contributed by atoms with Crippen LogP contribution in [0.5, 0.6) is 0 Å². The smallest absolute Gasteiger partial charge is 0.261 e. The van der Waals surface area contributed by atoms with E-state index in [0.717, 1.165) is 12.0 Å². The fraction of sp³-hybridized carbons (Fsp3) is 0.235. The van der Waals surface area contributed by atoms with E-state index in [4.69, 9.17) is 0 Å². The maximum atomic E-state index is 12.4. The van der Waals surface area contributed by atoms with Crippen LogP contribution in [0.2, 0.25) is 0 Å². The SMILES string of the molecule is CCCNC(=O)c1ccc(S(=O)(=O)Nc2cccc(C)c2)cc1. The molecule has 2 aromatic carbocycles. The second kappa shape index (κ2) is 7.28. The molecular weight excluding hydrogens is 312 g/mol. The molecule has 6 heteroatoms. The molecular formula is C17H20N2O3S. The van der Waals surface area contributed by atoms with Gasteiger partial charge in [0.05, 0.1) is 4.90 Å². The number of aryl methyl sites for hydroxylation is 1. The highest BCUT2D eigenvalue weighted by Crippen LogP contribution is 2.17. The largest absolute Gasteiger partial charge is 0.352 e. The van der Waals surface area contributed by atoms with Gasteiger partial charge in [-0.15, -0.1) is 0 Å². The van der Waals surface area contributed by atoms with E-state index in [-0.39, 0.29) is 10.8 Å². The van der Waals surface area contributed by atoms with Crippen molar-refractivity contribution in [1.82, 2.24) is 5.32 Å². The molecule has 2 rings (SSSR count). The minimum atomic E-state index is -3.67. The van der Waals surface area contributed by atoms with Crippen LogP contribution in [0, 0.1) is 6.92 Å². The fourth-order valence-electron chi connectivity index (χ4n) is 2.05. The Balaban J connectivity index is 2.15. The molecule has 23 heavy (non-hydrogen) atoms. The molecule has 0 saturated heterocycles. The molecule has 0 saturated carbocycles. The summed E-state index contributed by atoms with van der Waals surface area (Å²) in [6, 6.07) is 13.0. The summed E-state index contributed by atoms with van der Waals surface area (Å²) in [6.07, 6.45) is 0.846. The van der Waals surface area contributed by atoms with Crippen molar-refractivity contribution < 1.29 is 13.2 Å². The summed E-state index contributed by atoms with van der Waals surface area (Å²) in [4.78, 5) is 11.9. The summed E-state index contributed by atoms with van der Waals surface area (Å²) in [6.45, 7) is 4.45. The zero-order chi connectivity index (χ0) is 16.9. The molecule has 2 aromatic rings. The molecule has 0 atom stereocenters. The van der Waals surface area contributed by atoms with Crippen LogP contribution in [-0.2, 0) is 10.0 Å².